The van der Waals surface area contributed by atoms with Gasteiger partial charge in [-0.05, 0) is 57.9 Å². The van der Waals surface area contributed by atoms with E-state index in [1.54, 1.807) is 29.5 Å². The van der Waals surface area contributed by atoms with E-state index in [4.69, 9.17) is 9.15 Å². The maximum atomic E-state index is 12.3. The number of aromatic nitrogens is 1. The molecule has 3 rings (SSSR count). The van der Waals surface area contributed by atoms with Gasteiger partial charge < -0.3 is 19.2 Å². The van der Waals surface area contributed by atoms with Gasteiger partial charge in [0.15, 0.2) is 5.60 Å². The molecule has 0 spiro atoms. The highest BCUT2D eigenvalue weighted by molar-refractivity contribution is 5.68. The summed E-state index contributed by atoms with van der Waals surface area (Å²) >= 11 is 0. The monoisotopic (exact) mass is 358 g/mol. The first-order chi connectivity index (χ1) is 12.3. The predicted octanol–water partition coefficient (Wildman–Crippen LogP) is 3.56. The van der Waals surface area contributed by atoms with Crippen molar-refractivity contribution < 1.29 is 19.1 Å². The van der Waals surface area contributed by atoms with Gasteiger partial charge in [-0.15, -0.1) is 0 Å². The molecule has 0 radical (unpaired) electrons. The SMILES string of the molecule is CC(C)(C)OC(=O)N1CCC(C(O)(c2ccccn2)c2ccco2)CC1. The number of rotatable bonds is 3. The Bertz CT molecular complexity index is 716. The average Bonchev–Trinajstić information content (AvgIpc) is 3.15. The smallest absolute Gasteiger partial charge is 0.410 e. The molecule has 2 aromatic rings. The summed E-state index contributed by atoms with van der Waals surface area (Å²) in [4.78, 5) is 18.3. The van der Waals surface area contributed by atoms with Gasteiger partial charge in [0.25, 0.3) is 0 Å². The number of pyridine rings is 1. The Morgan fingerprint density at radius 2 is 1.96 bits per heavy atom. The van der Waals surface area contributed by atoms with Crippen LogP contribution in [0, 0.1) is 5.92 Å². The van der Waals surface area contributed by atoms with Crippen molar-refractivity contribution in [3.8, 4) is 0 Å². The second kappa shape index (κ2) is 7.11. The number of amides is 1. The van der Waals surface area contributed by atoms with Gasteiger partial charge in [-0.2, -0.15) is 0 Å². The van der Waals surface area contributed by atoms with Crippen LogP contribution in [0.5, 0.6) is 0 Å². The van der Waals surface area contributed by atoms with E-state index < -0.39 is 11.2 Å². The summed E-state index contributed by atoms with van der Waals surface area (Å²) in [5.41, 5.74) is -1.27. The molecule has 0 aliphatic carbocycles. The number of carbonyl (C=O) groups excluding carboxylic acids is 1. The molecule has 6 heteroatoms. The van der Waals surface area contributed by atoms with Crippen LogP contribution in [-0.2, 0) is 10.3 Å². The summed E-state index contributed by atoms with van der Waals surface area (Å²) in [7, 11) is 0. The Hall–Kier alpha value is -2.34. The number of nitrogens with zero attached hydrogens (tertiary/aromatic N) is 2. The van der Waals surface area contributed by atoms with Crippen molar-refractivity contribution in [2.75, 3.05) is 13.1 Å². The summed E-state index contributed by atoms with van der Waals surface area (Å²) in [5.74, 6) is 0.370. The number of carbonyl (C=O) groups is 1. The fourth-order valence-corrected chi connectivity index (χ4v) is 3.43. The van der Waals surface area contributed by atoms with Crippen molar-refractivity contribution in [3.05, 3.63) is 54.2 Å². The van der Waals surface area contributed by atoms with Crippen molar-refractivity contribution in [1.82, 2.24) is 9.88 Å². The van der Waals surface area contributed by atoms with Gasteiger partial charge in [-0.1, -0.05) is 6.07 Å². The number of hydrogen-bond donors (Lipinski definition) is 1. The van der Waals surface area contributed by atoms with E-state index in [1.165, 1.54) is 0 Å². The quantitative estimate of drug-likeness (QED) is 0.908. The fraction of sp³-hybridized carbons (Fsp3) is 0.500. The first kappa shape index (κ1) is 18.5. The molecule has 140 valence electrons. The summed E-state index contributed by atoms with van der Waals surface area (Å²) in [6.07, 6.45) is 4.17. The minimum atomic E-state index is -1.31. The van der Waals surface area contributed by atoms with Crippen molar-refractivity contribution in [3.63, 3.8) is 0 Å². The lowest BCUT2D eigenvalue weighted by Crippen LogP contribution is -2.47. The van der Waals surface area contributed by atoms with Crippen molar-refractivity contribution >= 4 is 6.09 Å². The second-order valence-corrected chi connectivity index (χ2v) is 7.70. The molecule has 3 heterocycles. The zero-order valence-electron chi connectivity index (χ0n) is 15.5. The summed E-state index contributed by atoms with van der Waals surface area (Å²) in [5, 5.41) is 11.6. The van der Waals surface area contributed by atoms with Crippen LogP contribution in [0.15, 0.2) is 47.2 Å². The van der Waals surface area contributed by atoms with Crippen molar-refractivity contribution in [1.29, 1.82) is 0 Å². The number of furan rings is 1. The van der Waals surface area contributed by atoms with Gasteiger partial charge in [0.2, 0.25) is 0 Å². The highest BCUT2D eigenvalue weighted by Crippen LogP contribution is 2.41. The summed E-state index contributed by atoms with van der Waals surface area (Å²) in [6.45, 7) is 6.61. The molecular formula is C20H26N2O4. The molecule has 1 aliphatic heterocycles. The average molecular weight is 358 g/mol. The van der Waals surface area contributed by atoms with E-state index >= 15 is 0 Å². The van der Waals surface area contributed by atoms with Crippen LogP contribution >= 0.6 is 0 Å². The minimum absolute atomic E-state index is 0.109. The van der Waals surface area contributed by atoms with Gasteiger partial charge >= 0.3 is 6.09 Å². The fourth-order valence-electron chi connectivity index (χ4n) is 3.43. The van der Waals surface area contributed by atoms with Gasteiger partial charge in [-0.25, -0.2) is 4.79 Å². The maximum absolute atomic E-state index is 12.3. The molecule has 1 N–H and O–H groups in total. The van der Waals surface area contributed by atoms with E-state index in [2.05, 4.69) is 4.98 Å². The molecule has 2 aromatic heterocycles. The lowest BCUT2D eigenvalue weighted by Gasteiger charge is -2.40. The second-order valence-electron chi connectivity index (χ2n) is 7.70. The van der Waals surface area contributed by atoms with Crippen LogP contribution in [0.25, 0.3) is 0 Å². The number of piperidine rings is 1. The number of ether oxygens (including phenoxy) is 1. The summed E-state index contributed by atoms with van der Waals surface area (Å²) < 4.78 is 11.0. The van der Waals surface area contributed by atoms with Crippen LogP contribution in [0.3, 0.4) is 0 Å². The third-order valence-corrected chi connectivity index (χ3v) is 4.69. The molecule has 1 fully saturated rings. The molecule has 1 aliphatic rings. The number of likely N-dealkylation sites (tertiary alicyclic amines) is 1. The Morgan fingerprint density at radius 1 is 1.23 bits per heavy atom. The topological polar surface area (TPSA) is 75.8 Å². The third-order valence-electron chi connectivity index (χ3n) is 4.69. The molecule has 1 amide bonds. The van der Waals surface area contributed by atoms with Crippen LogP contribution in [-0.4, -0.2) is 39.8 Å². The van der Waals surface area contributed by atoms with Gasteiger partial charge in [0.05, 0.1) is 12.0 Å². The van der Waals surface area contributed by atoms with Gasteiger partial charge in [0, 0.05) is 25.2 Å². The zero-order valence-corrected chi connectivity index (χ0v) is 15.5. The minimum Gasteiger partial charge on any atom is -0.466 e. The largest absolute Gasteiger partial charge is 0.466 e. The van der Waals surface area contributed by atoms with Crippen molar-refractivity contribution in [2.45, 2.75) is 44.8 Å². The van der Waals surface area contributed by atoms with Crippen LogP contribution in [0.2, 0.25) is 0 Å². The van der Waals surface area contributed by atoms with Crippen LogP contribution in [0.1, 0.15) is 45.1 Å². The van der Waals surface area contributed by atoms with E-state index in [1.807, 2.05) is 39.0 Å². The Balaban J connectivity index is 1.78. The molecule has 1 atom stereocenters. The lowest BCUT2D eigenvalue weighted by molar-refractivity contribution is -0.0383. The van der Waals surface area contributed by atoms with E-state index in [0.29, 0.717) is 37.4 Å². The van der Waals surface area contributed by atoms with Crippen LogP contribution in [0.4, 0.5) is 4.79 Å². The first-order valence-electron chi connectivity index (χ1n) is 8.96. The van der Waals surface area contributed by atoms with E-state index in [-0.39, 0.29) is 12.0 Å². The molecule has 6 nitrogen and oxygen atoms in total. The summed E-state index contributed by atoms with van der Waals surface area (Å²) in [6, 6.07) is 9.01. The van der Waals surface area contributed by atoms with Crippen molar-refractivity contribution in [2.24, 2.45) is 5.92 Å². The van der Waals surface area contributed by atoms with E-state index in [9.17, 15) is 9.90 Å². The standard InChI is InChI=1S/C20H26N2O4/c1-19(2,3)26-18(23)22-12-9-15(10-13-22)20(24,17-8-6-14-25-17)16-7-4-5-11-21-16/h4-8,11,14-15,24H,9-10,12-13H2,1-3H3. The predicted molar refractivity (Wildman–Crippen MR) is 96.5 cm³/mol. The maximum Gasteiger partial charge on any atom is 0.410 e. The molecule has 1 saturated heterocycles. The normalized spacial score (nSPS) is 18.4. The Labute approximate surface area is 153 Å². The molecule has 0 bridgehead atoms. The zero-order chi connectivity index (χ0) is 18.8. The Morgan fingerprint density at radius 3 is 2.50 bits per heavy atom. The first-order valence-corrected chi connectivity index (χ1v) is 8.96. The molecule has 0 saturated carbocycles. The highest BCUT2D eigenvalue weighted by atomic mass is 16.6. The highest BCUT2D eigenvalue weighted by Gasteiger charge is 2.45. The molecule has 1 unspecified atom stereocenters. The molecule has 26 heavy (non-hydrogen) atoms. The van der Waals surface area contributed by atoms with Gasteiger partial charge in [0.1, 0.15) is 11.4 Å². The molecular weight excluding hydrogens is 332 g/mol. The number of aliphatic hydroxyl groups is 1. The lowest BCUT2D eigenvalue weighted by atomic mass is 9.76. The number of hydrogen-bond acceptors (Lipinski definition) is 5. The Kier molecular flexibility index (Phi) is 5.05. The third kappa shape index (κ3) is 3.75. The van der Waals surface area contributed by atoms with E-state index in [0.717, 1.165) is 0 Å². The molecule has 0 aromatic carbocycles. The van der Waals surface area contributed by atoms with Crippen LogP contribution < -0.4 is 0 Å². The van der Waals surface area contributed by atoms with Gasteiger partial charge in [-0.3, -0.25) is 4.98 Å².